The zero-order chi connectivity index (χ0) is 19.7. The Kier molecular flexibility index (Phi) is 5.10. The second-order valence-corrected chi connectivity index (χ2v) is 8.95. The molecule has 1 N–H and O–H groups in total. The van der Waals surface area contributed by atoms with Crippen molar-refractivity contribution >= 4 is 26.9 Å². The summed E-state index contributed by atoms with van der Waals surface area (Å²) in [6, 6.07) is 8.43. The van der Waals surface area contributed by atoms with E-state index in [0.29, 0.717) is 31.6 Å². The van der Waals surface area contributed by atoms with Crippen molar-refractivity contribution in [1.29, 1.82) is 0 Å². The van der Waals surface area contributed by atoms with Crippen LogP contribution in [0, 0.1) is 6.57 Å². The predicted octanol–water partition coefficient (Wildman–Crippen LogP) is 1.70. The largest absolute Gasteiger partial charge is 0.443 e. The number of nitrogens with zero attached hydrogens (tertiary/aromatic N) is 3. The average molecular weight is 403 g/mol. The molecule has 3 heterocycles. The van der Waals surface area contributed by atoms with Gasteiger partial charge in [0.15, 0.2) is 0 Å². The summed E-state index contributed by atoms with van der Waals surface area (Å²) in [5.74, 6) is -0.0162. The van der Waals surface area contributed by atoms with Crippen LogP contribution in [0.1, 0.15) is 19.3 Å². The molecule has 2 atom stereocenters. The van der Waals surface area contributed by atoms with Crippen LogP contribution in [0.3, 0.4) is 0 Å². The smallest absolute Gasteiger partial charge is 0.349 e. The Balaban J connectivity index is 1.36. The van der Waals surface area contributed by atoms with Gasteiger partial charge in [0.1, 0.15) is 5.58 Å². The molecule has 2 fully saturated rings. The Morgan fingerprint density at radius 1 is 1.29 bits per heavy atom. The molecule has 148 valence electrons. The summed E-state index contributed by atoms with van der Waals surface area (Å²) in [6.07, 6.45) is 2.09. The first-order chi connectivity index (χ1) is 13.5. The van der Waals surface area contributed by atoms with Gasteiger partial charge in [0, 0.05) is 37.1 Å². The molecule has 1 aromatic heterocycles. The molecule has 0 unspecified atom stereocenters. The van der Waals surface area contributed by atoms with E-state index in [0.717, 1.165) is 18.2 Å². The molecule has 0 aliphatic carbocycles. The van der Waals surface area contributed by atoms with E-state index < -0.39 is 10.0 Å². The van der Waals surface area contributed by atoms with Crippen molar-refractivity contribution in [2.45, 2.75) is 36.6 Å². The zero-order valence-electron chi connectivity index (χ0n) is 15.5. The standard InChI is InChI=1S/C19H23N4O4S/c1-20-17-7-4-9-23(17)18(24)13-22-10-8-15(12-22)21-28(25,26)19-11-14-5-2-3-6-16(14)27-19/h1-3,5-6,11,15,17,21H,4,7-10,12-13H2/q+1/t15-,17-/m0/s1. The Bertz CT molecular complexity index is 993. The lowest BCUT2D eigenvalue weighted by molar-refractivity contribution is -0.132. The van der Waals surface area contributed by atoms with Gasteiger partial charge in [-0.1, -0.05) is 23.0 Å². The van der Waals surface area contributed by atoms with Crippen LogP contribution < -0.4 is 4.72 Å². The summed E-state index contributed by atoms with van der Waals surface area (Å²) < 4.78 is 33.5. The van der Waals surface area contributed by atoms with Crippen molar-refractivity contribution in [3.63, 3.8) is 0 Å². The molecule has 2 aromatic rings. The molecule has 2 aliphatic heterocycles. The van der Waals surface area contributed by atoms with Crippen LogP contribution in [0.4, 0.5) is 0 Å². The van der Waals surface area contributed by atoms with Gasteiger partial charge in [-0.2, -0.15) is 0 Å². The third kappa shape index (κ3) is 3.76. The van der Waals surface area contributed by atoms with Gasteiger partial charge in [-0.05, 0) is 18.9 Å². The number of nitrogens with one attached hydrogen (secondary N) is 1. The molecule has 8 nitrogen and oxygen atoms in total. The molecule has 0 saturated carbocycles. The maximum Gasteiger partial charge on any atom is 0.349 e. The minimum absolute atomic E-state index is 0.0162. The number of likely N-dealkylation sites (tertiary alicyclic amines) is 2. The highest BCUT2D eigenvalue weighted by Crippen LogP contribution is 2.24. The molecule has 1 aromatic carbocycles. The third-order valence-corrected chi connectivity index (χ3v) is 6.71. The number of rotatable bonds is 5. The molecule has 28 heavy (non-hydrogen) atoms. The van der Waals surface area contributed by atoms with Crippen LogP contribution >= 0.6 is 0 Å². The van der Waals surface area contributed by atoms with E-state index in [-0.39, 0.29) is 29.8 Å². The van der Waals surface area contributed by atoms with Gasteiger partial charge in [-0.15, -0.1) is 0 Å². The summed E-state index contributed by atoms with van der Waals surface area (Å²) in [7, 11) is -3.76. The third-order valence-electron chi connectivity index (χ3n) is 5.33. The Hall–Kier alpha value is -2.41. The quantitative estimate of drug-likeness (QED) is 0.821. The molecule has 2 saturated heterocycles. The highest BCUT2D eigenvalue weighted by atomic mass is 32.2. The van der Waals surface area contributed by atoms with E-state index >= 15 is 0 Å². The van der Waals surface area contributed by atoms with Gasteiger partial charge in [-0.3, -0.25) is 14.6 Å². The lowest BCUT2D eigenvalue weighted by Crippen LogP contribution is -2.42. The molecule has 0 radical (unpaired) electrons. The number of benzene rings is 1. The molecule has 1 amide bonds. The second-order valence-electron chi connectivity index (χ2n) is 7.30. The number of furan rings is 1. The van der Waals surface area contributed by atoms with Crippen molar-refractivity contribution in [1.82, 2.24) is 14.5 Å². The van der Waals surface area contributed by atoms with Crippen molar-refractivity contribution in [3.8, 4) is 6.57 Å². The SMILES string of the molecule is C#[N+][C@@H]1CCCN1C(=O)CN1CC[C@H](NS(=O)(=O)c2cc3ccccc3o2)C1. The van der Waals surface area contributed by atoms with Gasteiger partial charge in [0.2, 0.25) is 11.0 Å². The number of hydrogen-bond acceptors (Lipinski definition) is 5. The molecule has 0 spiro atoms. The molecule has 4 rings (SSSR count). The van der Waals surface area contributed by atoms with Gasteiger partial charge in [-0.25, -0.2) is 13.1 Å². The van der Waals surface area contributed by atoms with Crippen molar-refractivity contribution < 1.29 is 17.6 Å². The Morgan fingerprint density at radius 2 is 2.11 bits per heavy atom. The fourth-order valence-electron chi connectivity index (χ4n) is 3.92. The highest BCUT2D eigenvalue weighted by molar-refractivity contribution is 7.89. The highest BCUT2D eigenvalue weighted by Gasteiger charge is 2.37. The monoisotopic (exact) mass is 403 g/mol. The van der Waals surface area contributed by atoms with E-state index in [1.54, 1.807) is 23.1 Å². The molecule has 2 aliphatic rings. The first-order valence-electron chi connectivity index (χ1n) is 9.39. The average Bonchev–Trinajstić information content (AvgIpc) is 3.40. The molecular weight excluding hydrogens is 380 g/mol. The molecular formula is C19H23N4O4S+. The lowest BCUT2D eigenvalue weighted by atomic mass is 10.3. The lowest BCUT2D eigenvalue weighted by Gasteiger charge is -2.20. The van der Waals surface area contributed by atoms with Crippen LogP contribution in [0.2, 0.25) is 0 Å². The topological polar surface area (TPSA) is 87.2 Å². The number of fused-ring (bicyclic) bond motifs is 1. The second kappa shape index (κ2) is 7.54. The fraction of sp³-hybridized carbons (Fsp3) is 0.474. The summed E-state index contributed by atoms with van der Waals surface area (Å²) in [4.78, 5) is 19.9. The van der Waals surface area contributed by atoms with Gasteiger partial charge in [0.25, 0.3) is 16.6 Å². The summed E-state index contributed by atoms with van der Waals surface area (Å²) in [6.45, 7) is 7.41. The van der Waals surface area contributed by atoms with Crippen molar-refractivity contribution in [3.05, 3.63) is 35.2 Å². The van der Waals surface area contributed by atoms with Gasteiger partial charge >= 0.3 is 6.17 Å². The zero-order valence-corrected chi connectivity index (χ0v) is 16.3. The minimum Gasteiger partial charge on any atom is -0.443 e. The number of carbonyl (C=O) groups is 1. The summed E-state index contributed by atoms with van der Waals surface area (Å²) >= 11 is 0. The number of sulfonamides is 1. The predicted molar refractivity (Wildman–Crippen MR) is 104 cm³/mol. The van der Waals surface area contributed by atoms with Gasteiger partial charge < -0.3 is 4.42 Å². The van der Waals surface area contributed by atoms with Crippen LogP contribution in [0.5, 0.6) is 0 Å². The molecule has 0 bridgehead atoms. The maximum atomic E-state index is 12.7. The number of amides is 1. The van der Waals surface area contributed by atoms with Crippen molar-refractivity contribution in [2.24, 2.45) is 0 Å². The van der Waals surface area contributed by atoms with E-state index in [4.69, 9.17) is 11.0 Å². The normalized spacial score (nSPS) is 23.3. The minimum atomic E-state index is -3.76. The Labute approximate surface area is 164 Å². The van der Waals surface area contributed by atoms with E-state index in [1.807, 2.05) is 11.0 Å². The van der Waals surface area contributed by atoms with E-state index in [2.05, 4.69) is 9.57 Å². The van der Waals surface area contributed by atoms with Crippen LogP contribution in [-0.4, -0.2) is 62.5 Å². The van der Waals surface area contributed by atoms with Crippen LogP contribution in [0.15, 0.2) is 39.8 Å². The van der Waals surface area contributed by atoms with Crippen LogP contribution in [-0.2, 0) is 14.8 Å². The fourth-order valence-corrected chi connectivity index (χ4v) is 5.15. The summed E-state index contributed by atoms with van der Waals surface area (Å²) in [5, 5.41) is 0.652. The first-order valence-corrected chi connectivity index (χ1v) is 10.9. The van der Waals surface area contributed by atoms with E-state index in [1.165, 1.54) is 6.07 Å². The number of carbonyl (C=O) groups excluding carboxylic acids is 1. The van der Waals surface area contributed by atoms with E-state index in [9.17, 15) is 13.2 Å². The van der Waals surface area contributed by atoms with Gasteiger partial charge in [0.05, 0.1) is 13.0 Å². The summed E-state index contributed by atoms with van der Waals surface area (Å²) in [5.41, 5.74) is 0.534. The number of para-hydroxylation sites is 1. The Morgan fingerprint density at radius 3 is 2.89 bits per heavy atom. The maximum absolute atomic E-state index is 12.7. The number of hydrogen-bond donors (Lipinski definition) is 1. The first kappa shape index (κ1) is 18.9. The van der Waals surface area contributed by atoms with Crippen molar-refractivity contribution in [2.75, 3.05) is 26.2 Å². The van der Waals surface area contributed by atoms with Crippen LogP contribution in [0.25, 0.3) is 15.8 Å². The molecule has 9 heteroatoms.